The maximum atomic E-state index is 13.9. The second kappa shape index (κ2) is 8.43. The Morgan fingerprint density at radius 3 is 2.59 bits per heavy atom. The molecule has 3 nitrogen and oxygen atoms in total. The minimum atomic E-state index is -0.341. The summed E-state index contributed by atoms with van der Waals surface area (Å²) >= 11 is 0. The number of fused-ring (bicyclic) bond motifs is 1. The molecule has 1 N–H and O–H groups in total. The van der Waals surface area contributed by atoms with Crippen molar-refractivity contribution >= 4 is 11.3 Å². The van der Waals surface area contributed by atoms with Gasteiger partial charge in [-0.15, -0.1) is 6.42 Å². The van der Waals surface area contributed by atoms with Crippen LogP contribution in [0.5, 0.6) is 11.5 Å². The van der Waals surface area contributed by atoms with Gasteiger partial charge in [0.2, 0.25) is 0 Å². The van der Waals surface area contributed by atoms with Gasteiger partial charge in [-0.3, -0.25) is 0 Å². The summed E-state index contributed by atoms with van der Waals surface area (Å²) in [5.74, 6) is 3.47. The lowest BCUT2D eigenvalue weighted by Gasteiger charge is -2.33. The van der Waals surface area contributed by atoms with E-state index in [9.17, 15) is 4.39 Å². The van der Waals surface area contributed by atoms with Gasteiger partial charge in [0.15, 0.2) is 0 Å². The number of benzene rings is 3. The monoisotopic (exact) mass is 427 g/mol. The second-order valence-electron chi connectivity index (χ2n) is 8.49. The lowest BCUT2D eigenvalue weighted by molar-refractivity contribution is 0.306. The third-order valence-electron chi connectivity index (χ3n) is 5.58. The van der Waals surface area contributed by atoms with Crippen molar-refractivity contribution < 1.29 is 13.9 Å². The molecule has 0 fully saturated rings. The Morgan fingerprint density at radius 2 is 1.84 bits per heavy atom. The maximum Gasteiger partial charge on any atom is 0.129 e. The summed E-state index contributed by atoms with van der Waals surface area (Å²) in [5.41, 5.74) is 6.62. The van der Waals surface area contributed by atoms with E-state index in [0.717, 1.165) is 39.1 Å². The highest BCUT2D eigenvalue weighted by atomic mass is 19.1. The van der Waals surface area contributed by atoms with Crippen LogP contribution in [0.25, 0.3) is 16.7 Å². The fourth-order valence-electron chi connectivity index (χ4n) is 4.32. The van der Waals surface area contributed by atoms with Gasteiger partial charge in [-0.1, -0.05) is 24.1 Å². The largest absolute Gasteiger partial charge is 0.496 e. The van der Waals surface area contributed by atoms with E-state index in [1.165, 1.54) is 12.1 Å². The van der Waals surface area contributed by atoms with Crippen LogP contribution in [0.2, 0.25) is 0 Å². The Hall–Kier alpha value is -3.71. The van der Waals surface area contributed by atoms with E-state index in [-0.39, 0.29) is 11.4 Å². The van der Waals surface area contributed by atoms with E-state index in [2.05, 4.69) is 44.2 Å². The van der Waals surface area contributed by atoms with Gasteiger partial charge in [0, 0.05) is 34.0 Å². The molecule has 0 bridgehead atoms. The standard InChI is InChI=1S/C28H26FNO2/c1-6-19-8-7-9-21(14-19)32-17-24-22(23-11-10-20(29)15-26(23)31-5)12-13-25-27(24)18(2)16-28(3,4)30-25/h1,7-16,30H,17H2,2-5H3. The van der Waals surface area contributed by atoms with Gasteiger partial charge in [-0.25, -0.2) is 4.39 Å². The van der Waals surface area contributed by atoms with E-state index in [1.54, 1.807) is 13.2 Å². The van der Waals surface area contributed by atoms with Crippen LogP contribution in [0.3, 0.4) is 0 Å². The summed E-state index contributed by atoms with van der Waals surface area (Å²) < 4.78 is 25.6. The summed E-state index contributed by atoms with van der Waals surface area (Å²) in [6, 6.07) is 16.2. The molecule has 0 atom stereocenters. The number of anilines is 1. The molecule has 0 saturated heterocycles. The molecule has 1 aliphatic heterocycles. The number of nitrogens with one attached hydrogen (secondary N) is 1. The summed E-state index contributed by atoms with van der Waals surface area (Å²) in [4.78, 5) is 0. The van der Waals surface area contributed by atoms with Crippen molar-refractivity contribution in [1.82, 2.24) is 0 Å². The van der Waals surface area contributed by atoms with Gasteiger partial charge in [-0.2, -0.15) is 0 Å². The average molecular weight is 428 g/mol. The molecule has 0 radical (unpaired) electrons. The van der Waals surface area contributed by atoms with Crippen molar-refractivity contribution in [2.45, 2.75) is 32.9 Å². The average Bonchev–Trinajstić information content (AvgIpc) is 2.76. The van der Waals surface area contributed by atoms with E-state index < -0.39 is 0 Å². The topological polar surface area (TPSA) is 30.5 Å². The van der Waals surface area contributed by atoms with Crippen LogP contribution in [0.15, 0.2) is 60.7 Å². The molecule has 3 aromatic carbocycles. The maximum absolute atomic E-state index is 13.9. The van der Waals surface area contributed by atoms with E-state index >= 15 is 0 Å². The minimum absolute atomic E-state index is 0.161. The van der Waals surface area contributed by atoms with Gasteiger partial charge < -0.3 is 14.8 Å². The molecule has 0 saturated carbocycles. The van der Waals surface area contributed by atoms with Gasteiger partial charge in [0.1, 0.15) is 23.9 Å². The lowest BCUT2D eigenvalue weighted by atomic mass is 9.85. The quantitative estimate of drug-likeness (QED) is 0.461. The number of hydrogen-bond donors (Lipinski definition) is 1. The molecule has 4 heteroatoms. The van der Waals surface area contributed by atoms with Crippen LogP contribution in [0, 0.1) is 18.2 Å². The first kappa shape index (κ1) is 21.5. The van der Waals surface area contributed by atoms with Gasteiger partial charge in [0.05, 0.1) is 12.6 Å². The summed E-state index contributed by atoms with van der Waals surface area (Å²) in [6.45, 7) is 6.70. The molecule has 0 aliphatic carbocycles. The fourth-order valence-corrected chi connectivity index (χ4v) is 4.32. The zero-order valence-electron chi connectivity index (χ0n) is 18.8. The summed E-state index contributed by atoms with van der Waals surface area (Å²) in [6.07, 6.45) is 7.75. The number of methoxy groups -OCH3 is 1. The van der Waals surface area contributed by atoms with E-state index in [0.29, 0.717) is 18.1 Å². The normalized spacial score (nSPS) is 13.9. The van der Waals surface area contributed by atoms with Crippen molar-refractivity contribution in [2.24, 2.45) is 0 Å². The second-order valence-corrected chi connectivity index (χ2v) is 8.49. The molecular formula is C28H26FNO2. The zero-order valence-corrected chi connectivity index (χ0v) is 18.8. The molecule has 0 spiro atoms. The van der Waals surface area contributed by atoms with Gasteiger partial charge in [0.25, 0.3) is 0 Å². The molecular weight excluding hydrogens is 401 g/mol. The molecule has 3 aromatic rings. The Labute approximate surface area is 188 Å². The predicted molar refractivity (Wildman–Crippen MR) is 128 cm³/mol. The number of ether oxygens (including phenoxy) is 2. The molecule has 32 heavy (non-hydrogen) atoms. The van der Waals surface area contributed by atoms with Crippen molar-refractivity contribution in [3.05, 3.63) is 83.2 Å². The first-order valence-electron chi connectivity index (χ1n) is 10.5. The van der Waals surface area contributed by atoms with Gasteiger partial charge >= 0.3 is 0 Å². The van der Waals surface area contributed by atoms with Crippen LogP contribution in [-0.4, -0.2) is 12.6 Å². The van der Waals surface area contributed by atoms with E-state index in [4.69, 9.17) is 15.9 Å². The third-order valence-corrected chi connectivity index (χ3v) is 5.58. The highest BCUT2D eigenvalue weighted by molar-refractivity contribution is 5.88. The van der Waals surface area contributed by atoms with Crippen LogP contribution in [0.1, 0.15) is 37.5 Å². The van der Waals surface area contributed by atoms with Crippen LogP contribution < -0.4 is 14.8 Å². The highest BCUT2D eigenvalue weighted by Gasteiger charge is 2.27. The first-order chi connectivity index (χ1) is 15.3. The van der Waals surface area contributed by atoms with Crippen molar-refractivity contribution in [3.63, 3.8) is 0 Å². The Kier molecular flexibility index (Phi) is 5.67. The molecule has 0 unspecified atom stereocenters. The highest BCUT2D eigenvalue weighted by Crippen LogP contribution is 2.42. The van der Waals surface area contributed by atoms with Crippen molar-refractivity contribution in [3.8, 4) is 35.0 Å². The van der Waals surface area contributed by atoms with Gasteiger partial charge in [-0.05, 0) is 68.3 Å². The Morgan fingerprint density at radius 1 is 1.06 bits per heavy atom. The molecule has 0 amide bonds. The summed E-state index contributed by atoms with van der Waals surface area (Å²) in [7, 11) is 1.55. The van der Waals surface area contributed by atoms with Crippen molar-refractivity contribution in [2.75, 3.05) is 12.4 Å². The minimum Gasteiger partial charge on any atom is -0.496 e. The first-order valence-corrected chi connectivity index (χ1v) is 10.5. The number of halogens is 1. The number of rotatable bonds is 5. The lowest BCUT2D eigenvalue weighted by Crippen LogP contribution is -2.32. The van der Waals surface area contributed by atoms with Crippen LogP contribution in [-0.2, 0) is 6.61 Å². The fraction of sp³-hybridized carbons (Fsp3) is 0.214. The Balaban J connectivity index is 1.86. The van der Waals surface area contributed by atoms with Crippen molar-refractivity contribution in [1.29, 1.82) is 0 Å². The molecule has 4 rings (SSSR count). The Bertz CT molecular complexity index is 1250. The zero-order chi connectivity index (χ0) is 22.9. The predicted octanol–water partition coefficient (Wildman–Crippen LogP) is 6.67. The van der Waals surface area contributed by atoms with Crippen LogP contribution >= 0.6 is 0 Å². The summed E-state index contributed by atoms with van der Waals surface area (Å²) in [5, 5.41) is 3.59. The van der Waals surface area contributed by atoms with E-state index in [1.807, 2.05) is 30.3 Å². The SMILES string of the molecule is C#Cc1cccc(OCc2c(-c3ccc(F)cc3OC)ccc3c2C(C)=CC(C)(C)N3)c1. The molecule has 1 heterocycles. The molecule has 0 aromatic heterocycles. The van der Waals surface area contributed by atoms with Crippen LogP contribution in [0.4, 0.5) is 10.1 Å². The molecule has 162 valence electrons. The third kappa shape index (κ3) is 4.20. The number of terminal acetylenes is 1. The number of hydrogen-bond acceptors (Lipinski definition) is 3. The number of allylic oxidation sites excluding steroid dienone is 1. The molecule has 1 aliphatic rings. The smallest absolute Gasteiger partial charge is 0.129 e.